The average molecular weight is 421 g/mol. The van der Waals surface area contributed by atoms with Crippen LogP contribution in [-0.4, -0.2) is 54.4 Å². The SMILES string of the molecule is O=C(CCCOc1ccccc1Cl)N1CCN(C(=O)c2cccc(Cl)c2)CC1. The van der Waals surface area contributed by atoms with Crippen LogP contribution in [0.2, 0.25) is 10.0 Å². The first-order chi connectivity index (χ1) is 13.5. The molecule has 1 fully saturated rings. The minimum Gasteiger partial charge on any atom is -0.492 e. The molecule has 1 saturated heterocycles. The van der Waals surface area contributed by atoms with Gasteiger partial charge in [-0.2, -0.15) is 0 Å². The van der Waals surface area contributed by atoms with Crippen LogP contribution in [0, 0.1) is 0 Å². The molecule has 1 heterocycles. The van der Waals surface area contributed by atoms with Crippen LogP contribution in [0.4, 0.5) is 0 Å². The molecule has 5 nitrogen and oxygen atoms in total. The number of rotatable bonds is 6. The maximum absolute atomic E-state index is 12.5. The lowest BCUT2D eigenvalue weighted by Gasteiger charge is -2.35. The van der Waals surface area contributed by atoms with Gasteiger partial charge in [-0.25, -0.2) is 0 Å². The number of nitrogens with zero attached hydrogens (tertiary/aromatic N) is 2. The highest BCUT2D eigenvalue weighted by Gasteiger charge is 2.24. The Hall–Kier alpha value is -2.24. The van der Waals surface area contributed by atoms with Gasteiger partial charge in [0.05, 0.1) is 11.6 Å². The summed E-state index contributed by atoms with van der Waals surface area (Å²) in [6.45, 7) is 2.55. The van der Waals surface area contributed by atoms with Crippen molar-refractivity contribution in [1.29, 1.82) is 0 Å². The zero-order valence-corrected chi connectivity index (χ0v) is 17.0. The summed E-state index contributed by atoms with van der Waals surface area (Å²) in [7, 11) is 0. The first-order valence-electron chi connectivity index (χ1n) is 9.24. The van der Waals surface area contributed by atoms with Crippen molar-refractivity contribution in [2.45, 2.75) is 12.8 Å². The van der Waals surface area contributed by atoms with Crippen molar-refractivity contribution in [2.24, 2.45) is 0 Å². The van der Waals surface area contributed by atoms with E-state index in [1.54, 1.807) is 46.2 Å². The van der Waals surface area contributed by atoms with Gasteiger partial charge < -0.3 is 14.5 Å². The van der Waals surface area contributed by atoms with E-state index in [1.807, 2.05) is 12.1 Å². The summed E-state index contributed by atoms with van der Waals surface area (Å²) in [5.74, 6) is 0.658. The molecule has 0 bridgehead atoms. The van der Waals surface area contributed by atoms with Crippen LogP contribution in [0.5, 0.6) is 5.75 Å². The predicted octanol–water partition coefficient (Wildman–Crippen LogP) is 4.14. The molecule has 7 heteroatoms. The Morgan fingerprint density at radius 1 is 0.929 bits per heavy atom. The molecule has 0 atom stereocenters. The zero-order chi connectivity index (χ0) is 19.9. The molecule has 0 saturated carbocycles. The number of hydrogen-bond donors (Lipinski definition) is 0. The molecule has 0 spiro atoms. The van der Waals surface area contributed by atoms with Gasteiger partial charge >= 0.3 is 0 Å². The van der Waals surface area contributed by atoms with Gasteiger partial charge in [-0.1, -0.05) is 41.4 Å². The Balaban J connectivity index is 1.40. The number of carbonyl (C=O) groups is 2. The van der Waals surface area contributed by atoms with Crippen LogP contribution in [0.15, 0.2) is 48.5 Å². The standard InChI is InChI=1S/C21H22Cl2N2O3/c22-17-6-3-5-16(15-17)21(27)25-12-10-24(11-13-25)20(26)9-4-14-28-19-8-2-1-7-18(19)23/h1-3,5-8,15H,4,9-14H2. The zero-order valence-electron chi connectivity index (χ0n) is 15.4. The number of hydrogen-bond acceptors (Lipinski definition) is 3. The molecule has 2 aromatic carbocycles. The third-order valence-electron chi connectivity index (χ3n) is 4.62. The highest BCUT2D eigenvalue weighted by Crippen LogP contribution is 2.23. The Morgan fingerprint density at radius 3 is 2.36 bits per heavy atom. The van der Waals surface area contributed by atoms with Gasteiger partial charge in [0.15, 0.2) is 0 Å². The number of carbonyl (C=O) groups excluding carboxylic acids is 2. The van der Waals surface area contributed by atoms with E-state index in [-0.39, 0.29) is 11.8 Å². The van der Waals surface area contributed by atoms with E-state index in [4.69, 9.17) is 27.9 Å². The normalized spacial score (nSPS) is 14.1. The summed E-state index contributed by atoms with van der Waals surface area (Å²) in [5.41, 5.74) is 0.573. The van der Waals surface area contributed by atoms with E-state index in [0.29, 0.717) is 67.0 Å². The quantitative estimate of drug-likeness (QED) is 0.659. The molecule has 0 aliphatic carbocycles. The lowest BCUT2D eigenvalue weighted by molar-refractivity contribution is -0.132. The summed E-state index contributed by atoms with van der Waals surface area (Å²) in [6.07, 6.45) is 1.03. The summed E-state index contributed by atoms with van der Waals surface area (Å²) in [6, 6.07) is 14.2. The third-order valence-corrected chi connectivity index (χ3v) is 5.17. The average Bonchev–Trinajstić information content (AvgIpc) is 2.72. The van der Waals surface area contributed by atoms with Gasteiger partial charge in [0.2, 0.25) is 5.91 Å². The summed E-state index contributed by atoms with van der Waals surface area (Å²) in [4.78, 5) is 28.5. The largest absolute Gasteiger partial charge is 0.492 e. The molecular weight excluding hydrogens is 399 g/mol. The number of piperazine rings is 1. The fourth-order valence-corrected chi connectivity index (χ4v) is 3.47. The summed E-state index contributed by atoms with van der Waals surface area (Å²) >= 11 is 12.0. The second-order valence-corrected chi connectivity index (χ2v) is 7.41. The van der Waals surface area contributed by atoms with Gasteiger partial charge in [-0.05, 0) is 36.8 Å². The lowest BCUT2D eigenvalue weighted by atomic mass is 10.1. The van der Waals surface area contributed by atoms with Gasteiger partial charge in [-0.15, -0.1) is 0 Å². The highest BCUT2D eigenvalue weighted by molar-refractivity contribution is 6.32. The number of benzene rings is 2. The van der Waals surface area contributed by atoms with E-state index in [9.17, 15) is 9.59 Å². The minimum atomic E-state index is -0.0530. The van der Waals surface area contributed by atoms with Crippen molar-refractivity contribution in [2.75, 3.05) is 32.8 Å². The Labute approximate surface area is 174 Å². The van der Waals surface area contributed by atoms with E-state index < -0.39 is 0 Å². The van der Waals surface area contributed by atoms with Crippen molar-refractivity contribution in [3.63, 3.8) is 0 Å². The van der Waals surface area contributed by atoms with Crippen LogP contribution in [0.1, 0.15) is 23.2 Å². The van der Waals surface area contributed by atoms with Crippen molar-refractivity contribution in [3.8, 4) is 5.75 Å². The van der Waals surface area contributed by atoms with Crippen molar-refractivity contribution < 1.29 is 14.3 Å². The fraction of sp³-hybridized carbons (Fsp3) is 0.333. The van der Waals surface area contributed by atoms with E-state index in [1.165, 1.54) is 0 Å². The van der Waals surface area contributed by atoms with Gasteiger partial charge in [0, 0.05) is 43.2 Å². The first-order valence-corrected chi connectivity index (χ1v) is 10.00. The Kier molecular flexibility index (Phi) is 7.18. The highest BCUT2D eigenvalue weighted by atomic mass is 35.5. The molecular formula is C21H22Cl2N2O3. The lowest BCUT2D eigenvalue weighted by Crippen LogP contribution is -2.50. The molecule has 28 heavy (non-hydrogen) atoms. The molecule has 1 aliphatic rings. The van der Waals surface area contributed by atoms with Gasteiger partial charge in [0.25, 0.3) is 5.91 Å². The van der Waals surface area contributed by atoms with Crippen LogP contribution in [0.3, 0.4) is 0 Å². The smallest absolute Gasteiger partial charge is 0.254 e. The predicted molar refractivity (Wildman–Crippen MR) is 110 cm³/mol. The van der Waals surface area contributed by atoms with E-state index in [0.717, 1.165) is 0 Å². The van der Waals surface area contributed by atoms with Crippen LogP contribution < -0.4 is 4.74 Å². The molecule has 2 amide bonds. The first kappa shape index (κ1) is 20.5. The van der Waals surface area contributed by atoms with Crippen LogP contribution >= 0.6 is 23.2 Å². The number of ether oxygens (including phenoxy) is 1. The molecule has 3 rings (SSSR count). The summed E-state index contributed by atoms with van der Waals surface area (Å²) in [5, 5.41) is 1.10. The van der Waals surface area contributed by atoms with E-state index in [2.05, 4.69) is 0 Å². The van der Waals surface area contributed by atoms with Gasteiger partial charge in [0.1, 0.15) is 5.75 Å². The number of halogens is 2. The monoisotopic (exact) mass is 420 g/mol. The molecule has 0 aromatic heterocycles. The van der Waals surface area contributed by atoms with Crippen molar-refractivity contribution in [1.82, 2.24) is 9.80 Å². The molecule has 0 unspecified atom stereocenters. The van der Waals surface area contributed by atoms with Crippen LogP contribution in [0.25, 0.3) is 0 Å². The maximum atomic E-state index is 12.5. The Morgan fingerprint density at radius 2 is 1.64 bits per heavy atom. The van der Waals surface area contributed by atoms with Crippen molar-refractivity contribution >= 4 is 35.0 Å². The molecule has 1 aliphatic heterocycles. The molecule has 2 aromatic rings. The van der Waals surface area contributed by atoms with Gasteiger partial charge in [-0.3, -0.25) is 9.59 Å². The second kappa shape index (κ2) is 9.80. The van der Waals surface area contributed by atoms with Crippen molar-refractivity contribution in [3.05, 3.63) is 64.1 Å². The van der Waals surface area contributed by atoms with E-state index >= 15 is 0 Å². The van der Waals surface area contributed by atoms with Crippen LogP contribution in [-0.2, 0) is 4.79 Å². The topological polar surface area (TPSA) is 49.9 Å². The molecule has 0 N–H and O–H groups in total. The number of para-hydroxylation sites is 1. The minimum absolute atomic E-state index is 0.0530. The second-order valence-electron chi connectivity index (χ2n) is 6.57. The summed E-state index contributed by atoms with van der Waals surface area (Å²) < 4.78 is 5.62. The third kappa shape index (κ3) is 5.40. The number of amides is 2. The molecule has 0 radical (unpaired) electrons. The molecule has 148 valence electrons. The fourth-order valence-electron chi connectivity index (χ4n) is 3.09. The maximum Gasteiger partial charge on any atom is 0.254 e. The Bertz CT molecular complexity index is 836.